The van der Waals surface area contributed by atoms with Crippen molar-refractivity contribution in [2.75, 3.05) is 6.54 Å². The zero-order valence-electron chi connectivity index (χ0n) is 11.2. The molecule has 0 bridgehead atoms. The fourth-order valence-corrected chi connectivity index (χ4v) is 3.13. The second kappa shape index (κ2) is 7.60. The summed E-state index contributed by atoms with van der Waals surface area (Å²) in [7, 11) is 0. The van der Waals surface area contributed by atoms with Gasteiger partial charge in [-0.3, -0.25) is 0 Å². The molecule has 0 fully saturated rings. The van der Waals surface area contributed by atoms with Crippen molar-refractivity contribution in [1.29, 1.82) is 0 Å². The molecule has 1 nitrogen and oxygen atoms in total. The van der Waals surface area contributed by atoms with Crippen LogP contribution < -0.4 is 5.32 Å². The molecular formula is C16H16Br2ClN. The van der Waals surface area contributed by atoms with Crippen LogP contribution >= 0.6 is 43.5 Å². The van der Waals surface area contributed by atoms with Gasteiger partial charge in [-0.1, -0.05) is 68.6 Å². The number of rotatable bonds is 5. The summed E-state index contributed by atoms with van der Waals surface area (Å²) in [5, 5.41) is 4.34. The number of hydrogen-bond acceptors (Lipinski definition) is 1. The highest BCUT2D eigenvalue weighted by atomic mass is 79.9. The Bertz CT molecular complexity index is 569. The third kappa shape index (κ3) is 4.08. The van der Waals surface area contributed by atoms with E-state index < -0.39 is 0 Å². The quantitative estimate of drug-likeness (QED) is 0.633. The summed E-state index contributed by atoms with van der Waals surface area (Å²) in [5.74, 6) is 0. The SMILES string of the molecule is CCCNC(c1ccc(Br)cc1)c1ccc(Br)cc1Cl. The molecule has 0 aliphatic heterocycles. The topological polar surface area (TPSA) is 12.0 Å². The molecule has 0 spiro atoms. The lowest BCUT2D eigenvalue weighted by atomic mass is 9.98. The number of nitrogens with one attached hydrogen (secondary N) is 1. The van der Waals surface area contributed by atoms with Crippen molar-refractivity contribution < 1.29 is 0 Å². The van der Waals surface area contributed by atoms with Gasteiger partial charge >= 0.3 is 0 Å². The monoisotopic (exact) mass is 415 g/mol. The van der Waals surface area contributed by atoms with Gasteiger partial charge in [-0.25, -0.2) is 0 Å². The maximum atomic E-state index is 6.41. The van der Waals surface area contributed by atoms with Crippen molar-refractivity contribution in [3.63, 3.8) is 0 Å². The molecule has 20 heavy (non-hydrogen) atoms. The van der Waals surface area contributed by atoms with Crippen molar-refractivity contribution in [2.24, 2.45) is 0 Å². The minimum absolute atomic E-state index is 0.114. The largest absolute Gasteiger partial charge is 0.306 e. The molecule has 0 aliphatic carbocycles. The Morgan fingerprint density at radius 2 is 1.70 bits per heavy atom. The molecule has 0 aliphatic rings. The molecule has 4 heteroatoms. The van der Waals surface area contributed by atoms with Crippen LogP contribution in [0.2, 0.25) is 5.02 Å². The van der Waals surface area contributed by atoms with Gasteiger partial charge in [0.1, 0.15) is 0 Å². The van der Waals surface area contributed by atoms with Crippen molar-refractivity contribution in [3.8, 4) is 0 Å². The van der Waals surface area contributed by atoms with Crippen LogP contribution in [-0.4, -0.2) is 6.54 Å². The van der Waals surface area contributed by atoms with E-state index in [2.05, 4.69) is 74.4 Å². The first-order chi connectivity index (χ1) is 9.61. The Morgan fingerprint density at radius 3 is 2.30 bits per heavy atom. The van der Waals surface area contributed by atoms with E-state index in [-0.39, 0.29) is 6.04 Å². The molecule has 1 unspecified atom stereocenters. The van der Waals surface area contributed by atoms with E-state index >= 15 is 0 Å². The Balaban J connectivity index is 2.38. The van der Waals surface area contributed by atoms with Gasteiger partial charge in [0.25, 0.3) is 0 Å². The lowest BCUT2D eigenvalue weighted by molar-refractivity contribution is 0.598. The Kier molecular flexibility index (Phi) is 6.09. The van der Waals surface area contributed by atoms with Crippen LogP contribution in [0.4, 0.5) is 0 Å². The molecule has 0 saturated heterocycles. The number of benzene rings is 2. The Morgan fingerprint density at radius 1 is 1.05 bits per heavy atom. The molecule has 0 aromatic heterocycles. The molecule has 1 atom stereocenters. The lowest BCUT2D eigenvalue weighted by Crippen LogP contribution is -2.23. The highest BCUT2D eigenvalue weighted by Crippen LogP contribution is 2.31. The highest BCUT2D eigenvalue weighted by molar-refractivity contribution is 9.10. The molecular weight excluding hydrogens is 401 g/mol. The summed E-state index contributed by atoms with van der Waals surface area (Å²) in [6.07, 6.45) is 1.08. The lowest BCUT2D eigenvalue weighted by Gasteiger charge is -2.21. The van der Waals surface area contributed by atoms with Crippen LogP contribution in [0.3, 0.4) is 0 Å². The zero-order valence-corrected chi connectivity index (χ0v) is 15.1. The van der Waals surface area contributed by atoms with Crippen LogP contribution in [-0.2, 0) is 0 Å². The summed E-state index contributed by atoms with van der Waals surface area (Å²) >= 11 is 13.3. The molecule has 106 valence electrons. The minimum atomic E-state index is 0.114. The van der Waals surface area contributed by atoms with Crippen molar-refractivity contribution in [3.05, 3.63) is 67.6 Å². The molecule has 2 aromatic rings. The van der Waals surface area contributed by atoms with Crippen molar-refractivity contribution in [2.45, 2.75) is 19.4 Å². The van der Waals surface area contributed by atoms with Gasteiger partial charge in [0.05, 0.1) is 6.04 Å². The van der Waals surface area contributed by atoms with E-state index in [9.17, 15) is 0 Å². The van der Waals surface area contributed by atoms with E-state index in [0.29, 0.717) is 0 Å². The van der Waals surface area contributed by atoms with Crippen LogP contribution in [0, 0.1) is 0 Å². The van der Waals surface area contributed by atoms with Crippen molar-refractivity contribution >= 4 is 43.5 Å². The minimum Gasteiger partial charge on any atom is -0.306 e. The van der Waals surface area contributed by atoms with Crippen LogP contribution in [0.25, 0.3) is 0 Å². The Labute approximate surface area is 142 Å². The fourth-order valence-electron chi connectivity index (χ4n) is 2.09. The third-order valence-electron chi connectivity index (χ3n) is 3.08. The normalized spacial score (nSPS) is 12.4. The smallest absolute Gasteiger partial charge is 0.0591 e. The van der Waals surface area contributed by atoms with Gasteiger partial charge in [0.2, 0.25) is 0 Å². The fraction of sp³-hybridized carbons (Fsp3) is 0.250. The molecule has 0 radical (unpaired) electrons. The van der Waals surface area contributed by atoms with Gasteiger partial charge < -0.3 is 5.32 Å². The molecule has 0 heterocycles. The summed E-state index contributed by atoms with van der Waals surface area (Å²) in [4.78, 5) is 0. The van der Waals surface area contributed by atoms with Gasteiger partial charge in [0.15, 0.2) is 0 Å². The van der Waals surface area contributed by atoms with E-state index in [1.165, 1.54) is 5.56 Å². The summed E-state index contributed by atoms with van der Waals surface area (Å²) in [6, 6.07) is 14.5. The second-order valence-electron chi connectivity index (χ2n) is 4.60. The highest BCUT2D eigenvalue weighted by Gasteiger charge is 2.16. The molecule has 0 amide bonds. The first-order valence-corrected chi connectivity index (χ1v) is 8.52. The number of halogens is 3. The molecule has 0 saturated carbocycles. The van der Waals surface area contributed by atoms with Crippen LogP contribution in [0.1, 0.15) is 30.5 Å². The number of hydrogen-bond donors (Lipinski definition) is 1. The summed E-state index contributed by atoms with van der Waals surface area (Å²) in [6.45, 7) is 3.11. The van der Waals surface area contributed by atoms with Crippen molar-refractivity contribution in [1.82, 2.24) is 5.32 Å². The standard InChI is InChI=1S/C16H16Br2ClN/c1-2-9-20-16(11-3-5-12(17)6-4-11)14-8-7-13(18)10-15(14)19/h3-8,10,16,20H,2,9H2,1H3. The first-order valence-electron chi connectivity index (χ1n) is 6.55. The predicted molar refractivity (Wildman–Crippen MR) is 93.4 cm³/mol. The van der Waals surface area contributed by atoms with Gasteiger partial charge in [0, 0.05) is 14.0 Å². The summed E-state index contributed by atoms with van der Waals surface area (Å²) in [5.41, 5.74) is 2.32. The average Bonchev–Trinajstić information content (AvgIpc) is 2.42. The average molecular weight is 418 g/mol. The van der Waals surface area contributed by atoms with Crippen LogP contribution in [0.15, 0.2) is 51.4 Å². The van der Waals surface area contributed by atoms with E-state index in [1.807, 2.05) is 12.1 Å². The summed E-state index contributed by atoms with van der Waals surface area (Å²) < 4.78 is 2.08. The first kappa shape index (κ1) is 16.0. The maximum Gasteiger partial charge on any atom is 0.0591 e. The van der Waals surface area contributed by atoms with Gasteiger partial charge in [-0.05, 0) is 48.4 Å². The predicted octanol–water partition coefficient (Wildman–Crippen LogP) is 5.95. The van der Waals surface area contributed by atoms with E-state index in [0.717, 1.165) is 32.5 Å². The van der Waals surface area contributed by atoms with E-state index in [4.69, 9.17) is 11.6 Å². The molecule has 1 N–H and O–H groups in total. The molecule has 2 aromatic carbocycles. The third-order valence-corrected chi connectivity index (χ3v) is 4.42. The Hall–Kier alpha value is -0.350. The van der Waals surface area contributed by atoms with Gasteiger partial charge in [-0.15, -0.1) is 0 Å². The zero-order chi connectivity index (χ0) is 14.5. The maximum absolute atomic E-state index is 6.41. The van der Waals surface area contributed by atoms with Crippen LogP contribution in [0.5, 0.6) is 0 Å². The second-order valence-corrected chi connectivity index (χ2v) is 6.84. The van der Waals surface area contributed by atoms with Gasteiger partial charge in [-0.2, -0.15) is 0 Å². The van der Waals surface area contributed by atoms with E-state index in [1.54, 1.807) is 0 Å². The molecule has 2 rings (SSSR count).